The Morgan fingerprint density at radius 3 is 2.58 bits per heavy atom. The maximum atomic E-state index is 11.2. The minimum absolute atomic E-state index is 0.557. The molecule has 0 aliphatic rings. The van der Waals surface area contributed by atoms with Crippen molar-refractivity contribution in [2.24, 2.45) is 0 Å². The van der Waals surface area contributed by atoms with Crippen molar-refractivity contribution in [2.45, 2.75) is 6.54 Å². The summed E-state index contributed by atoms with van der Waals surface area (Å²) in [5, 5.41) is 14.4. The highest BCUT2D eigenvalue weighted by Gasteiger charge is 2.03. The lowest BCUT2D eigenvalue weighted by Gasteiger charge is -2.11. The van der Waals surface area contributed by atoms with Gasteiger partial charge in [-0.3, -0.25) is 10.0 Å². The Hall–Kier alpha value is -3.11. The number of carbonyl (C=O) groups excluding carboxylic acids is 1. The van der Waals surface area contributed by atoms with Crippen molar-refractivity contribution in [3.05, 3.63) is 83.9 Å². The predicted molar refractivity (Wildman–Crippen MR) is 96.7 cm³/mol. The third-order valence-electron chi connectivity index (χ3n) is 3.83. The summed E-state index contributed by atoms with van der Waals surface area (Å²) in [6.45, 7) is 0.679. The molecule has 0 fully saturated rings. The van der Waals surface area contributed by atoms with Crippen molar-refractivity contribution < 1.29 is 10.0 Å². The summed E-state index contributed by atoms with van der Waals surface area (Å²) in [7, 11) is 0. The standard InChI is InChI=1S/C20H18N2O2/c23-20(22-24)13-12-16-7-2-4-11-19(16)21-14-17-9-5-8-15-6-1-3-10-18(15)17/h1-13,21,24H,14H2,(H,22,23)/b13-12+. The monoisotopic (exact) mass is 318 g/mol. The van der Waals surface area contributed by atoms with E-state index in [1.54, 1.807) is 11.6 Å². The summed E-state index contributed by atoms with van der Waals surface area (Å²) >= 11 is 0. The van der Waals surface area contributed by atoms with Crippen LogP contribution in [0.1, 0.15) is 11.1 Å². The zero-order valence-electron chi connectivity index (χ0n) is 13.1. The van der Waals surface area contributed by atoms with Gasteiger partial charge in [-0.15, -0.1) is 0 Å². The molecule has 0 saturated carbocycles. The summed E-state index contributed by atoms with van der Waals surface area (Å²) in [4.78, 5) is 11.2. The first-order valence-electron chi connectivity index (χ1n) is 7.69. The second kappa shape index (κ2) is 7.44. The molecule has 3 aromatic carbocycles. The number of hydroxylamine groups is 1. The third-order valence-corrected chi connectivity index (χ3v) is 3.83. The van der Waals surface area contributed by atoms with Crippen molar-refractivity contribution >= 4 is 28.4 Å². The molecule has 120 valence electrons. The highest BCUT2D eigenvalue weighted by molar-refractivity contribution is 5.92. The molecule has 3 rings (SSSR count). The summed E-state index contributed by atoms with van der Waals surface area (Å²) in [6, 6.07) is 22.3. The van der Waals surface area contributed by atoms with Crippen LogP contribution in [0.15, 0.2) is 72.8 Å². The molecule has 0 spiro atoms. The summed E-state index contributed by atoms with van der Waals surface area (Å²) in [5.74, 6) is -0.557. The Bertz CT molecular complexity index is 882. The Kier molecular flexibility index (Phi) is 4.89. The number of benzene rings is 3. The van der Waals surface area contributed by atoms with Gasteiger partial charge < -0.3 is 5.32 Å². The molecule has 1 amide bonds. The van der Waals surface area contributed by atoms with Crippen LogP contribution in [0, 0.1) is 0 Å². The van der Waals surface area contributed by atoms with Crippen molar-refractivity contribution in [3.8, 4) is 0 Å². The molecule has 3 N–H and O–H groups in total. The minimum atomic E-state index is -0.557. The Labute approximate surface area is 140 Å². The second-order valence-corrected chi connectivity index (χ2v) is 5.39. The van der Waals surface area contributed by atoms with Crippen LogP contribution >= 0.6 is 0 Å². The molecule has 4 nitrogen and oxygen atoms in total. The molecule has 0 radical (unpaired) electrons. The van der Waals surface area contributed by atoms with Gasteiger partial charge in [-0.25, -0.2) is 5.48 Å². The molecule has 0 aliphatic carbocycles. The molecule has 0 heterocycles. The topological polar surface area (TPSA) is 61.4 Å². The fourth-order valence-electron chi connectivity index (χ4n) is 2.64. The Morgan fingerprint density at radius 1 is 0.958 bits per heavy atom. The van der Waals surface area contributed by atoms with Gasteiger partial charge in [0.15, 0.2) is 0 Å². The van der Waals surface area contributed by atoms with E-state index in [0.29, 0.717) is 6.54 Å². The van der Waals surface area contributed by atoms with E-state index in [1.165, 1.54) is 22.4 Å². The molecular weight excluding hydrogens is 300 g/mol. The van der Waals surface area contributed by atoms with E-state index in [-0.39, 0.29) is 0 Å². The molecule has 4 heteroatoms. The van der Waals surface area contributed by atoms with Crippen LogP contribution in [0.2, 0.25) is 0 Å². The molecule has 0 aromatic heterocycles. The van der Waals surface area contributed by atoms with Gasteiger partial charge in [0.1, 0.15) is 0 Å². The van der Waals surface area contributed by atoms with Gasteiger partial charge in [0.05, 0.1) is 0 Å². The van der Waals surface area contributed by atoms with Crippen LogP contribution < -0.4 is 10.8 Å². The van der Waals surface area contributed by atoms with E-state index in [2.05, 4.69) is 35.6 Å². The number of anilines is 1. The molecule has 0 atom stereocenters. The number of amides is 1. The van der Waals surface area contributed by atoms with Crippen molar-refractivity contribution in [1.82, 2.24) is 5.48 Å². The SMILES string of the molecule is O=C(/C=C/c1ccccc1NCc1cccc2ccccc12)NO. The quantitative estimate of drug-likeness (QED) is 0.379. The first kappa shape index (κ1) is 15.8. The van der Waals surface area contributed by atoms with E-state index in [9.17, 15) is 4.79 Å². The van der Waals surface area contributed by atoms with Crippen LogP contribution in [0.3, 0.4) is 0 Å². The highest BCUT2D eigenvalue weighted by Crippen LogP contribution is 2.22. The van der Waals surface area contributed by atoms with Crippen LogP contribution in [0.4, 0.5) is 5.69 Å². The maximum Gasteiger partial charge on any atom is 0.267 e. The fraction of sp³-hybridized carbons (Fsp3) is 0.0500. The zero-order chi connectivity index (χ0) is 16.8. The maximum absolute atomic E-state index is 11.2. The van der Waals surface area contributed by atoms with Crippen molar-refractivity contribution in [3.63, 3.8) is 0 Å². The summed E-state index contributed by atoms with van der Waals surface area (Å²) in [6.07, 6.45) is 2.95. The van der Waals surface area contributed by atoms with Crippen LogP contribution in [0.25, 0.3) is 16.8 Å². The fourth-order valence-corrected chi connectivity index (χ4v) is 2.64. The Morgan fingerprint density at radius 2 is 1.71 bits per heavy atom. The lowest BCUT2D eigenvalue weighted by atomic mass is 10.0. The molecule has 0 aliphatic heterocycles. The van der Waals surface area contributed by atoms with Gasteiger partial charge in [-0.1, -0.05) is 60.7 Å². The average Bonchev–Trinajstić information content (AvgIpc) is 2.65. The number of carbonyl (C=O) groups is 1. The van der Waals surface area contributed by atoms with E-state index in [4.69, 9.17) is 5.21 Å². The number of hydrogen-bond donors (Lipinski definition) is 3. The summed E-state index contributed by atoms with van der Waals surface area (Å²) < 4.78 is 0. The van der Waals surface area contributed by atoms with Gasteiger partial charge in [-0.2, -0.15) is 0 Å². The molecule has 24 heavy (non-hydrogen) atoms. The number of para-hydroxylation sites is 1. The molecule has 3 aromatic rings. The highest BCUT2D eigenvalue weighted by atomic mass is 16.5. The van der Waals surface area contributed by atoms with Crippen molar-refractivity contribution in [1.29, 1.82) is 0 Å². The number of rotatable bonds is 5. The lowest BCUT2D eigenvalue weighted by molar-refractivity contribution is -0.124. The predicted octanol–water partition coefficient (Wildman–Crippen LogP) is 3.97. The van der Waals surface area contributed by atoms with Gasteiger partial charge in [0.25, 0.3) is 5.91 Å². The first-order valence-corrected chi connectivity index (χ1v) is 7.69. The van der Waals surface area contributed by atoms with Gasteiger partial charge in [0.2, 0.25) is 0 Å². The Balaban J connectivity index is 1.82. The molecule has 0 saturated heterocycles. The average molecular weight is 318 g/mol. The zero-order valence-corrected chi connectivity index (χ0v) is 13.1. The summed E-state index contributed by atoms with van der Waals surface area (Å²) in [5.41, 5.74) is 4.59. The van der Waals surface area contributed by atoms with E-state index in [1.807, 2.05) is 36.4 Å². The number of nitrogens with one attached hydrogen (secondary N) is 2. The van der Waals surface area contributed by atoms with Crippen LogP contribution in [0.5, 0.6) is 0 Å². The smallest absolute Gasteiger partial charge is 0.267 e. The van der Waals surface area contributed by atoms with Gasteiger partial charge >= 0.3 is 0 Å². The van der Waals surface area contributed by atoms with Gasteiger partial charge in [-0.05, 0) is 34.0 Å². The molecule has 0 bridgehead atoms. The van der Waals surface area contributed by atoms with Crippen molar-refractivity contribution in [2.75, 3.05) is 5.32 Å². The second-order valence-electron chi connectivity index (χ2n) is 5.39. The first-order chi connectivity index (χ1) is 11.8. The normalized spacial score (nSPS) is 10.9. The van der Waals surface area contributed by atoms with Gasteiger partial charge in [0, 0.05) is 18.3 Å². The molecule has 0 unspecified atom stereocenters. The largest absolute Gasteiger partial charge is 0.380 e. The number of hydrogen-bond acceptors (Lipinski definition) is 3. The molecular formula is C20H18N2O2. The lowest BCUT2D eigenvalue weighted by Crippen LogP contribution is -2.14. The number of fused-ring (bicyclic) bond motifs is 1. The third kappa shape index (κ3) is 3.62. The van der Waals surface area contributed by atoms with Crippen LogP contribution in [-0.2, 0) is 11.3 Å². The van der Waals surface area contributed by atoms with E-state index in [0.717, 1.165) is 11.3 Å². The van der Waals surface area contributed by atoms with E-state index >= 15 is 0 Å². The minimum Gasteiger partial charge on any atom is -0.380 e. The van der Waals surface area contributed by atoms with Crippen LogP contribution in [-0.4, -0.2) is 11.1 Å². The van der Waals surface area contributed by atoms with E-state index < -0.39 is 5.91 Å².